The van der Waals surface area contributed by atoms with Crippen LogP contribution in [0.15, 0.2) is 54.6 Å². The van der Waals surface area contributed by atoms with Crippen molar-refractivity contribution in [3.63, 3.8) is 0 Å². The number of hydrogen-bond donors (Lipinski definition) is 2. The minimum Gasteiger partial charge on any atom is -0.378 e. The van der Waals surface area contributed by atoms with Gasteiger partial charge in [0.05, 0.1) is 0 Å². The highest BCUT2D eigenvalue weighted by Gasteiger charge is 2.38. The van der Waals surface area contributed by atoms with Gasteiger partial charge in [-0.1, -0.05) is 48.9 Å². The van der Waals surface area contributed by atoms with Gasteiger partial charge in [-0.15, -0.1) is 0 Å². The molecule has 3 rings (SSSR count). The second kappa shape index (κ2) is 7.60. The van der Waals surface area contributed by atoms with Gasteiger partial charge in [0.2, 0.25) is 0 Å². The first-order chi connectivity index (χ1) is 12.1. The smallest absolute Gasteiger partial charge is 0.315 e. The van der Waals surface area contributed by atoms with E-state index in [0.29, 0.717) is 13.1 Å². The lowest BCUT2D eigenvalue weighted by atomic mass is 9.64. The van der Waals surface area contributed by atoms with Crippen LogP contribution in [0.1, 0.15) is 30.4 Å². The van der Waals surface area contributed by atoms with Crippen molar-refractivity contribution in [1.82, 2.24) is 10.6 Å². The monoisotopic (exact) mass is 337 g/mol. The summed E-state index contributed by atoms with van der Waals surface area (Å²) in [6.45, 7) is 1.24. The van der Waals surface area contributed by atoms with Gasteiger partial charge in [-0.05, 0) is 36.1 Å². The van der Waals surface area contributed by atoms with Gasteiger partial charge in [0.1, 0.15) is 0 Å². The van der Waals surface area contributed by atoms with Gasteiger partial charge in [-0.2, -0.15) is 0 Å². The Hall–Kier alpha value is -2.49. The molecule has 1 aliphatic rings. The molecule has 1 saturated carbocycles. The molecule has 0 atom stereocenters. The number of carbonyl (C=O) groups excluding carboxylic acids is 1. The van der Waals surface area contributed by atoms with Crippen LogP contribution in [-0.2, 0) is 12.0 Å². The van der Waals surface area contributed by atoms with Gasteiger partial charge < -0.3 is 15.5 Å². The number of hydrogen-bond acceptors (Lipinski definition) is 2. The predicted molar refractivity (Wildman–Crippen MR) is 103 cm³/mol. The second-order valence-corrected chi connectivity index (χ2v) is 7.10. The normalized spacial score (nSPS) is 15.1. The first-order valence-corrected chi connectivity index (χ1v) is 8.93. The zero-order chi connectivity index (χ0) is 17.7. The molecule has 1 aliphatic carbocycles. The zero-order valence-corrected chi connectivity index (χ0v) is 15.1. The number of benzene rings is 2. The Morgan fingerprint density at radius 2 is 1.68 bits per heavy atom. The van der Waals surface area contributed by atoms with E-state index in [4.69, 9.17) is 0 Å². The molecule has 4 nitrogen and oxygen atoms in total. The molecule has 2 aromatic rings. The molecular weight excluding hydrogens is 310 g/mol. The minimum absolute atomic E-state index is 0.0982. The van der Waals surface area contributed by atoms with Gasteiger partial charge >= 0.3 is 6.03 Å². The number of urea groups is 1. The zero-order valence-electron chi connectivity index (χ0n) is 15.1. The van der Waals surface area contributed by atoms with Crippen molar-refractivity contribution in [3.05, 3.63) is 65.7 Å². The number of anilines is 1. The summed E-state index contributed by atoms with van der Waals surface area (Å²) in [6.07, 6.45) is 3.52. The summed E-state index contributed by atoms with van der Waals surface area (Å²) in [5.41, 5.74) is 3.71. The van der Waals surface area contributed by atoms with Gasteiger partial charge in [0.15, 0.2) is 0 Å². The summed E-state index contributed by atoms with van der Waals surface area (Å²) in [5.74, 6) is 0. The molecule has 4 heteroatoms. The fourth-order valence-electron chi connectivity index (χ4n) is 3.37. The van der Waals surface area contributed by atoms with Crippen molar-refractivity contribution in [3.8, 4) is 0 Å². The lowest BCUT2D eigenvalue weighted by Gasteiger charge is -2.42. The van der Waals surface area contributed by atoms with E-state index in [9.17, 15) is 4.79 Å². The third kappa shape index (κ3) is 4.13. The van der Waals surface area contributed by atoms with Crippen molar-refractivity contribution in [2.75, 3.05) is 25.5 Å². The Morgan fingerprint density at radius 3 is 2.24 bits per heavy atom. The Balaban J connectivity index is 1.49. The summed E-state index contributed by atoms with van der Waals surface area (Å²) >= 11 is 0. The molecule has 1 fully saturated rings. The number of rotatable bonds is 6. The van der Waals surface area contributed by atoms with Gasteiger partial charge in [0, 0.05) is 38.3 Å². The molecule has 2 N–H and O–H groups in total. The van der Waals surface area contributed by atoms with Crippen molar-refractivity contribution < 1.29 is 4.79 Å². The number of carbonyl (C=O) groups is 1. The molecule has 2 amide bonds. The largest absolute Gasteiger partial charge is 0.378 e. The Labute approximate surface area is 150 Å². The van der Waals surface area contributed by atoms with Crippen molar-refractivity contribution >= 4 is 11.7 Å². The van der Waals surface area contributed by atoms with Gasteiger partial charge in [-0.3, -0.25) is 0 Å². The van der Waals surface area contributed by atoms with Crippen LogP contribution in [-0.4, -0.2) is 26.7 Å². The quantitative estimate of drug-likeness (QED) is 0.845. The Bertz CT molecular complexity index is 691. The molecule has 0 aliphatic heterocycles. The van der Waals surface area contributed by atoms with Crippen LogP contribution in [0, 0.1) is 0 Å². The van der Waals surface area contributed by atoms with Crippen LogP contribution in [0.4, 0.5) is 10.5 Å². The highest BCUT2D eigenvalue weighted by Crippen LogP contribution is 2.43. The van der Waals surface area contributed by atoms with E-state index in [1.54, 1.807) is 0 Å². The van der Waals surface area contributed by atoms with E-state index in [2.05, 4.69) is 51.9 Å². The lowest BCUT2D eigenvalue weighted by molar-refractivity contribution is 0.214. The summed E-state index contributed by atoms with van der Waals surface area (Å²) in [6, 6.07) is 18.7. The SMILES string of the molecule is CN(C)c1ccc(CNC(=O)NCC2(c3ccccc3)CCC2)cc1. The fraction of sp³-hybridized carbons (Fsp3) is 0.381. The molecule has 0 spiro atoms. The van der Waals surface area contributed by atoms with E-state index in [-0.39, 0.29) is 11.4 Å². The summed E-state index contributed by atoms with van der Waals surface area (Å²) in [7, 11) is 4.04. The average molecular weight is 337 g/mol. The van der Waals surface area contributed by atoms with Crippen LogP contribution >= 0.6 is 0 Å². The molecule has 0 aromatic heterocycles. The van der Waals surface area contributed by atoms with Crippen molar-refractivity contribution in [2.24, 2.45) is 0 Å². The van der Waals surface area contributed by atoms with E-state index < -0.39 is 0 Å². The molecule has 0 radical (unpaired) electrons. The van der Waals surface area contributed by atoms with Crippen LogP contribution in [0.3, 0.4) is 0 Å². The molecule has 0 heterocycles. The standard InChI is InChI=1S/C21H27N3O/c1-24(2)19-11-9-17(10-12-19)15-22-20(25)23-16-21(13-6-14-21)18-7-4-3-5-8-18/h3-5,7-12H,6,13-16H2,1-2H3,(H2,22,23,25). The molecule has 0 bridgehead atoms. The number of nitrogens with one attached hydrogen (secondary N) is 2. The van der Waals surface area contributed by atoms with Crippen molar-refractivity contribution in [2.45, 2.75) is 31.2 Å². The van der Waals surface area contributed by atoms with Crippen LogP contribution in [0.25, 0.3) is 0 Å². The lowest BCUT2D eigenvalue weighted by Crippen LogP contribution is -2.48. The summed E-state index contributed by atoms with van der Waals surface area (Å²) in [4.78, 5) is 14.2. The topological polar surface area (TPSA) is 44.4 Å². The first kappa shape index (κ1) is 17.3. The third-order valence-corrected chi connectivity index (χ3v) is 5.19. The highest BCUT2D eigenvalue weighted by molar-refractivity contribution is 5.74. The Morgan fingerprint density at radius 1 is 1.00 bits per heavy atom. The number of nitrogens with zero attached hydrogens (tertiary/aromatic N) is 1. The summed E-state index contributed by atoms with van der Waals surface area (Å²) < 4.78 is 0. The van der Waals surface area contributed by atoms with Crippen molar-refractivity contribution in [1.29, 1.82) is 0 Å². The second-order valence-electron chi connectivity index (χ2n) is 7.10. The maximum Gasteiger partial charge on any atom is 0.315 e. The maximum atomic E-state index is 12.2. The van der Waals surface area contributed by atoms with Crippen LogP contribution < -0.4 is 15.5 Å². The van der Waals surface area contributed by atoms with E-state index in [0.717, 1.165) is 24.1 Å². The van der Waals surface area contributed by atoms with Crippen LogP contribution in [0.5, 0.6) is 0 Å². The average Bonchev–Trinajstić information content (AvgIpc) is 2.60. The molecule has 0 unspecified atom stereocenters. The van der Waals surface area contributed by atoms with E-state index in [1.807, 2.05) is 32.3 Å². The van der Waals surface area contributed by atoms with E-state index in [1.165, 1.54) is 12.0 Å². The predicted octanol–water partition coefficient (Wildman–Crippen LogP) is 3.67. The third-order valence-electron chi connectivity index (χ3n) is 5.19. The molecule has 0 saturated heterocycles. The molecule has 132 valence electrons. The molecule has 2 aromatic carbocycles. The minimum atomic E-state index is -0.0982. The molecule has 25 heavy (non-hydrogen) atoms. The molecular formula is C21H27N3O. The van der Waals surface area contributed by atoms with E-state index >= 15 is 0 Å². The summed E-state index contributed by atoms with van der Waals surface area (Å²) in [5, 5.41) is 6.02. The number of amides is 2. The maximum absolute atomic E-state index is 12.2. The Kier molecular flexibility index (Phi) is 5.27. The highest BCUT2D eigenvalue weighted by atomic mass is 16.2. The van der Waals surface area contributed by atoms with Crippen LogP contribution in [0.2, 0.25) is 0 Å². The van der Waals surface area contributed by atoms with Gasteiger partial charge in [-0.25, -0.2) is 4.79 Å². The van der Waals surface area contributed by atoms with Gasteiger partial charge in [0.25, 0.3) is 0 Å². The first-order valence-electron chi connectivity index (χ1n) is 8.93. The fourth-order valence-corrected chi connectivity index (χ4v) is 3.37.